The van der Waals surface area contributed by atoms with Crippen molar-refractivity contribution in [3.05, 3.63) is 82.2 Å². The van der Waals surface area contributed by atoms with Crippen molar-refractivity contribution in [2.45, 2.75) is 77.2 Å². The lowest BCUT2D eigenvalue weighted by molar-refractivity contribution is -0.891. The fourth-order valence-electron chi connectivity index (χ4n) is 5.91. The first-order valence-corrected chi connectivity index (χ1v) is 16.7. The van der Waals surface area contributed by atoms with E-state index >= 15 is 4.39 Å². The molecule has 0 amide bonds. The summed E-state index contributed by atoms with van der Waals surface area (Å²) in [6, 6.07) is 2.82. The van der Waals surface area contributed by atoms with Crippen LogP contribution in [0.25, 0.3) is 17.2 Å². The summed E-state index contributed by atoms with van der Waals surface area (Å²) in [7, 11) is -2.10. The van der Waals surface area contributed by atoms with E-state index in [0.717, 1.165) is 17.2 Å². The third kappa shape index (κ3) is 4.41. The van der Waals surface area contributed by atoms with E-state index in [4.69, 9.17) is 14.2 Å². The Balaban J connectivity index is 1.36. The Morgan fingerprint density at radius 1 is 1.10 bits per heavy atom. The topological polar surface area (TPSA) is 68.6 Å². The standard InChI is InChI=1S/C30H35F3N5O2Si/c1-29(2,3)41(6,7)40-30(4,5)27-34-14-18(15-35-27)19-11-17-12-23-26-22(36-21(17)13-20(19)31)16-38(23)24(37-26)9-8-10-25(38)39-28(32)33/h8-15,22,25,28,37H,16H2,1-7H3/q+1/t22-,25?,38-/m1/s1. The van der Waals surface area contributed by atoms with Crippen LogP contribution in [-0.4, -0.2) is 48.2 Å². The number of nitrogens with one attached hydrogen (secondary N) is 1. The first-order chi connectivity index (χ1) is 19.1. The molecular weight excluding hydrogens is 547 g/mol. The summed E-state index contributed by atoms with van der Waals surface area (Å²) < 4.78 is 54.0. The van der Waals surface area contributed by atoms with Crippen LogP contribution >= 0.6 is 0 Å². The highest BCUT2D eigenvalue weighted by Gasteiger charge is 2.60. The van der Waals surface area contributed by atoms with Gasteiger partial charge in [0.1, 0.15) is 29.7 Å². The summed E-state index contributed by atoms with van der Waals surface area (Å²) in [5.41, 5.74) is 1.77. The highest BCUT2D eigenvalue weighted by atomic mass is 28.4. The molecule has 0 saturated carbocycles. The number of ether oxygens (including phenoxy) is 1. The van der Waals surface area contributed by atoms with Gasteiger partial charge in [-0.15, -0.1) is 0 Å². The second-order valence-electron chi connectivity index (χ2n) is 13.0. The Kier molecular flexibility index (Phi) is 6.28. The van der Waals surface area contributed by atoms with Gasteiger partial charge in [-0.1, -0.05) is 26.8 Å². The minimum Gasteiger partial charge on any atom is -0.405 e. The third-order valence-corrected chi connectivity index (χ3v) is 13.6. The quantitative estimate of drug-likeness (QED) is 0.386. The van der Waals surface area contributed by atoms with Crippen molar-refractivity contribution in [2.75, 3.05) is 6.54 Å². The van der Waals surface area contributed by atoms with Crippen molar-refractivity contribution >= 4 is 14.4 Å². The average Bonchev–Trinajstić information content (AvgIpc) is 3.26. The maximum atomic E-state index is 15.5. The Morgan fingerprint density at radius 3 is 2.46 bits per heavy atom. The van der Waals surface area contributed by atoms with Gasteiger partial charge >= 0.3 is 6.61 Å². The molecule has 4 bridgehead atoms. The lowest BCUT2D eigenvalue weighted by Crippen LogP contribution is -2.58. The minimum absolute atomic E-state index is 0.0236. The zero-order chi connectivity index (χ0) is 29.5. The largest absolute Gasteiger partial charge is 0.405 e. The molecule has 1 aromatic heterocycles. The number of rotatable bonds is 6. The molecule has 1 spiro atoms. The van der Waals surface area contributed by atoms with Crippen molar-refractivity contribution in [1.29, 1.82) is 0 Å². The van der Waals surface area contributed by atoms with Gasteiger partial charge < -0.3 is 9.74 Å². The highest BCUT2D eigenvalue weighted by Crippen LogP contribution is 2.48. The van der Waals surface area contributed by atoms with Crippen LogP contribution in [0.15, 0.2) is 65.0 Å². The summed E-state index contributed by atoms with van der Waals surface area (Å²) in [5, 5.41) is 4.58. The molecule has 41 heavy (non-hydrogen) atoms. The van der Waals surface area contributed by atoms with Crippen LogP contribution in [0.2, 0.25) is 18.1 Å². The Bertz CT molecular complexity index is 1640. The molecule has 0 saturated heterocycles. The maximum Gasteiger partial charge on any atom is 0.349 e. The van der Waals surface area contributed by atoms with Crippen molar-refractivity contribution in [1.82, 2.24) is 15.3 Å². The summed E-state index contributed by atoms with van der Waals surface area (Å²) >= 11 is 0. The van der Waals surface area contributed by atoms with Crippen LogP contribution in [0, 0.1) is 5.82 Å². The fourth-order valence-corrected chi connectivity index (χ4v) is 7.59. The van der Waals surface area contributed by atoms with Crippen LogP contribution < -0.4 is 15.9 Å². The van der Waals surface area contributed by atoms with Gasteiger partial charge in [-0.05, 0) is 38.0 Å². The minimum atomic E-state index is -2.92. The molecule has 1 unspecified atom stereocenters. The molecule has 4 aliphatic rings. The maximum absolute atomic E-state index is 15.5. The van der Waals surface area contributed by atoms with Crippen molar-refractivity contribution in [2.24, 2.45) is 4.99 Å². The second-order valence-corrected chi connectivity index (χ2v) is 17.8. The van der Waals surface area contributed by atoms with Crippen LogP contribution in [0.3, 0.4) is 0 Å². The molecular formula is C30H35F3N5O2Si+. The number of allylic oxidation sites excluding steroid dienone is 3. The molecule has 6 rings (SSSR count). The Labute approximate surface area is 238 Å². The average molecular weight is 583 g/mol. The fraction of sp³-hybridized carbons (Fsp3) is 0.433. The van der Waals surface area contributed by atoms with E-state index < -0.39 is 32.6 Å². The van der Waals surface area contributed by atoms with E-state index in [-0.39, 0.29) is 15.6 Å². The molecule has 5 heterocycles. The van der Waals surface area contributed by atoms with E-state index in [1.807, 2.05) is 26.0 Å². The van der Waals surface area contributed by atoms with Crippen molar-refractivity contribution < 1.29 is 26.8 Å². The highest BCUT2D eigenvalue weighted by molar-refractivity contribution is 6.74. The number of benzene rings is 1. The van der Waals surface area contributed by atoms with Crippen LogP contribution in [0.5, 0.6) is 0 Å². The van der Waals surface area contributed by atoms with Crippen LogP contribution in [-0.2, 0) is 14.8 Å². The number of hydrogen-bond donors (Lipinski definition) is 1. The van der Waals surface area contributed by atoms with Gasteiger partial charge in [-0.2, -0.15) is 8.78 Å². The molecule has 2 aromatic rings. The lowest BCUT2D eigenvalue weighted by atomic mass is 10.0. The van der Waals surface area contributed by atoms with Gasteiger partial charge in [0.15, 0.2) is 19.8 Å². The van der Waals surface area contributed by atoms with Gasteiger partial charge in [0.25, 0.3) is 0 Å². The third-order valence-electron chi connectivity index (χ3n) is 8.92. The lowest BCUT2D eigenvalue weighted by Gasteiger charge is -2.42. The number of fused-ring (bicyclic) bond motifs is 1. The predicted molar refractivity (Wildman–Crippen MR) is 151 cm³/mol. The Morgan fingerprint density at radius 2 is 1.80 bits per heavy atom. The van der Waals surface area contributed by atoms with Gasteiger partial charge in [0.05, 0.1) is 5.36 Å². The smallest absolute Gasteiger partial charge is 0.349 e. The second kappa shape index (κ2) is 9.19. The first kappa shape index (κ1) is 28.0. The Hall–Kier alpha value is -3.12. The van der Waals surface area contributed by atoms with Crippen molar-refractivity contribution in [3.63, 3.8) is 0 Å². The number of nitrogens with zero attached hydrogens (tertiary/aromatic N) is 4. The molecule has 216 valence electrons. The van der Waals surface area contributed by atoms with Crippen LogP contribution in [0.4, 0.5) is 13.2 Å². The normalized spacial score (nSPS) is 24.8. The van der Waals surface area contributed by atoms with E-state index in [2.05, 4.69) is 49.1 Å². The summed E-state index contributed by atoms with van der Waals surface area (Å²) in [6.45, 7) is 12.3. The molecule has 1 N–H and O–H groups in total. The molecule has 11 heteroatoms. The number of alkyl halides is 2. The first-order valence-electron chi connectivity index (χ1n) is 13.8. The molecule has 0 radical (unpaired) electrons. The number of aromatic nitrogens is 2. The van der Waals surface area contributed by atoms with Gasteiger partial charge in [0.2, 0.25) is 12.0 Å². The number of hydrogen-bond acceptors (Lipinski definition) is 6. The number of halogens is 3. The molecule has 1 aromatic carbocycles. The van der Waals surface area contributed by atoms with Crippen LogP contribution in [0.1, 0.15) is 40.4 Å². The zero-order valence-corrected chi connectivity index (χ0v) is 25.3. The number of quaternary nitrogens is 1. The van der Waals surface area contributed by atoms with Gasteiger partial charge in [-0.3, -0.25) is 9.73 Å². The van der Waals surface area contributed by atoms with Gasteiger partial charge in [0, 0.05) is 53.0 Å². The van der Waals surface area contributed by atoms with E-state index in [0.29, 0.717) is 34.1 Å². The zero-order valence-electron chi connectivity index (χ0n) is 24.3. The molecule has 3 atom stereocenters. The predicted octanol–water partition coefficient (Wildman–Crippen LogP) is 4.94. The molecule has 0 fully saturated rings. The van der Waals surface area contributed by atoms with Crippen molar-refractivity contribution in [3.8, 4) is 11.1 Å². The SMILES string of the molecule is CC(C)(O[Si](C)(C)C(C)(C)C)c1ncc(-c2cc3c(cc2F)=N[C@@H]2C[N@@+]45C(=CC=CC4OC(F)F)NC2=C5C=3)cn1. The molecule has 4 aliphatic heterocycles. The monoisotopic (exact) mass is 582 g/mol. The summed E-state index contributed by atoms with van der Waals surface area (Å²) in [5.74, 6) is 0.858. The summed E-state index contributed by atoms with van der Waals surface area (Å²) in [4.78, 5) is 14.0. The van der Waals surface area contributed by atoms with E-state index in [1.165, 1.54) is 6.07 Å². The van der Waals surface area contributed by atoms with E-state index in [9.17, 15) is 8.78 Å². The molecule has 0 aliphatic carbocycles. The summed E-state index contributed by atoms with van der Waals surface area (Å²) in [6.07, 6.45) is 9.48. The molecule has 7 nitrogen and oxygen atoms in total. The van der Waals surface area contributed by atoms with Gasteiger partial charge in [-0.25, -0.2) is 18.8 Å². The van der Waals surface area contributed by atoms with E-state index in [1.54, 1.807) is 30.6 Å².